The number of hydrogen-bond donors (Lipinski definition) is 1. The van der Waals surface area contributed by atoms with Crippen molar-refractivity contribution in [3.05, 3.63) is 57.1 Å². The van der Waals surface area contributed by atoms with Gasteiger partial charge >= 0.3 is 0 Å². The number of carbonyl (C=O) groups excluding carboxylic acids is 1. The average Bonchev–Trinajstić information content (AvgIpc) is 2.94. The van der Waals surface area contributed by atoms with E-state index in [1.165, 1.54) is 11.8 Å². The van der Waals surface area contributed by atoms with Crippen molar-refractivity contribution < 1.29 is 4.79 Å². The first-order valence-corrected chi connectivity index (χ1v) is 9.81. The number of carbonyl (C=O) groups is 1. The standard InChI is InChI=1S/C17H14ClIN4OS/c1-23-16(13-7-2-3-8-14(13)18)21-22-17(23)25-10-15(24)20-12-6-4-5-11(19)9-12/h2-9H,10H2,1H3,(H,20,24). The van der Waals surface area contributed by atoms with Crippen LogP contribution in [-0.4, -0.2) is 26.4 Å². The van der Waals surface area contributed by atoms with Crippen molar-refractivity contribution in [3.8, 4) is 11.4 Å². The van der Waals surface area contributed by atoms with Gasteiger partial charge in [0.2, 0.25) is 5.91 Å². The first kappa shape index (κ1) is 18.2. The molecule has 1 amide bonds. The Hall–Kier alpha value is -1.58. The molecule has 0 aliphatic rings. The first-order chi connectivity index (χ1) is 12.0. The summed E-state index contributed by atoms with van der Waals surface area (Å²) in [5, 5.41) is 12.5. The SMILES string of the molecule is Cn1c(SCC(=O)Nc2cccc(I)c2)nnc1-c1ccccc1Cl. The molecule has 0 fully saturated rings. The van der Waals surface area contributed by atoms with E-state index < -0.39 is 0 Å². The van der Waals surface area contributed by atoms with Crippen LogP contribution in [0.25, 0.3) is 11.4 Å². The third kappa shape index (κ3) is 4.53. The van der Waals surface area contributed by atoms with Crippen LogP contribution < -0.4 is 5.32 Å². The van der Waals surface area contributed by atoms with Crippen molar-refractivity contribution >= 4 is 57.5 Å². The first-order valence-electron chi connectivity index (χ1n) is 7.37. The Bertz CT molecular complexity index is 915. The van der Waals surface area contributed by atoms with E-state index >= 15 is 0 Å². The van der Waals surface area contributed by atoms with Gasteiger partial charge < -0.3 is 9.88 Å². The van der Waals surface area contributed by atoms with Gasteiger partial charge in [0.05, 0.1) is 10.8 Å². The maximum absolute atomic E-state index is 12.1. The number of halogens is 2. The maximum atomic E-state index is 12.1. The molecule has 0 atom stereocenters. The molecule has 0 saturated carbocycles. The summed E-state index contributed by atoms with van der Waals surface area (Å²) in [5.74, 6) is 0.834. The van der Waals surface area contributed by atoms with Gasteiger partial charge in [-0.2, -0.15) is 0 Å². The highest BCUT2D eigenvalue weighted by atomic mass is 127. The molecule has 1 heterocycles. The summed E-state index contributed by atoms with van der Waals surface area (Å²) in [5.41, 5.74) is 1.60. The van der Waals surface area contributed by atoms with Gasteiger partial charge in [0.25, 0.3) is 0 Å². The topological polar surface area (TPSA) is 59.8 Å². The van der Waals surface area contributed by atoms with E-state index in [1.54, 1.807) is 0 Å². The number of benzene rings is 2. The summed E-state index contributed by atoms with van der Waals surface area (Å²) < 4.78 is 2.91. The third-order valence-electron chi connectivity index (χ3n) is 3.39. The zero-order valence-electron chi connectivity index (χ0n) is 13.2. The van der Waals surface area contributed by atoms with Crippen LogP contribution in [-0.2, 0) is 11.8 Å². The number of aromatic nitrogens is 3. The fraction of sp³-hybridized carbons (Fsp3) is 0.118. The highest BCUT2D eigenvalue weighted by Crippen LogP contribution is 2.28. The van der Waals surface area contributed by atoms with E-state index in [9.17, 15) is 4.79 Å². The van der Waals surface area contributed by atoms with Gasteiger partial charge in [-0.3, -0.25) is 4.79 Å². The monoisotopic (exact) mass is 484 g/mol. The smallest absolute Gasteiger partial charge is 0.234 e. The van der Waals surface area contributed by atoms with Crippen LogP contribution in [0.1, 0.15) is 0 Å². The maximum Gasteiger partial charge on any atom is 0.234 e. The van der Waals surface area contributed by atoms with E-state index in [0.29, 0.717) is 16.0 Å². The van der Waals surface area contributed by atoms with Crippen molar-refractivity contribution in [2.24, 2.45) is 7.05 Å². The van der Waals surface area contributed by atoms with Crippen LogP contribution >= 0.6 is 46.0 Å². The van der Waals surface area contributed by atoms with Crippen molar-refractivity contribution in [2.45, 2.75) is 5.16 Å². The van der Waals surface area contributed by atoms with Crippen molar-refractivity contribution in [2.75, 3.05) is 11.1 Å². The van der Waals surface area contributed by atoms with Crippen LogP contribution in [0.2, 0.25) is 5.02 Å². The van der Waals surface area contributed by atoms with E-state index in [0.717, 1.165) is 14.8 Å². The number of amides is 1. The van der Waals surface area contributed by atoms with Gasteiger partial charge in [-0.15, -0.1) is 10.2 Å². The van der Waals surface area contributed by atoms with E-state index in [2.05, 4.69) is 38.1 Å². The van der Waals surface area contributed by atoms with Gasteiger partial charge in [-0.25, -0.2) is 0 Å². The molecule has 3 aromatic rings. The fourth-order valence-electron chi connectivity index (χ4n) is 2.21. The van der Waals surface area contributed by atoms with Crippen LogP contribution in [0.3, 0.4) is 0 Å². The molecule has 0 spiro atoms. The highest BCUT2D eigenvalue weighted by Gasteiger charge is 2.14. The molecule has 0 unspecified atom stereocenters. The number of hydrogen-bond acceptors (Lipinski definition) is 4. The highest BCUT2D eigenvalue weighted by molar-refractivity contribution is 14.1. The molecule has 1 aromatic heterocycles. The van der Waals surface area contributed by atoms with E-state index in [-0.39, 0.29) is 11.7 Å². The zero-order chi connectivity index (χ0) is 17.8. The molecule has 0 bridgehead atoms. The number of nitrogens with one attached hydrogen (secondary N) is 1. The summed E-state index contributed by atoms with van der Waals surface area (Å²) in [7, 11) is 1.86. The molecule has 5 nitrogen and oxygen atoms in total. The Morgan fingerprint density at radius 3 is 2.80 bits per heavy atom. The van der Waals surface area contributed by atoms with E-state index in [4.69, 9.17) is 11.6 Å². The predicted octanol–water partition coefficient (Wildman–Crippen LogP) is 4.47. The predicted molar refractivity (Wildman–Crippen MR) is 110 cm³/mol. The lowest BCUT2D eigenvalue weighted by Gasteiger charge is -2.06. The fourth-order valence-corrected chi connectivity index (χ4v) is 3.69. The molecule has 0 saturated heterocycles. The number of anilines is 1. The Morgan fingerprint density at radius 1 is 1.24 bits per heavy atom. The molecular formula is C17H14ClIN4OS. The third-order valence-corrected chi connectivity index (χ3v) is 5.41. The summed E-state index contributed by atoms with van der Waals surface area (Å²) >= 11 is 9.76. The van der Waals surface area contributed by atoms with E-state index in [1.807, 2.05) is 60.1 Å². The second kappa shape index (κ2) is 8.20. The normalized spacial score (nSPS) is 10.7. The zero-order valence-corrected chi connectivity index (χ0v) is 17.0. The molecule has 0 aliphatic carbocycles. The van der Waals surface area contributed by atoms with Crippen LogP contribution in [0.15, 0.2) is 53.7 Å². The number of thioether (sulfide) groups is 1. The lowest BCUT2D eigenvalue weighted by atomic mass is 10.2. The Morgan fingerprint density at radius 2 is 2.04 bits per heavy atom. The molecule has 2 aromatic carbocycles. The second-order valence-corrected chi connectivity index (χ2v) is 7.79. The molecule has 25 heavy (non-hydrogen) atoms. The van der Waals surface area contributed by atoms with Gasteiger partial charge in [0.1, 0.15) is 0 Å². The molecule has 3 rings (SSSR count). The van der Waals surface area contributed by atoms with Gasteiger partial charge in [-0.1, -0.05) is 41.6 Å². The van der Waals surface area contributed by atoms with Crippen molar-refractivity contribution in [1.29, 1.82) is 0 Å². The van der Waals surface area contributed by atoms with Gasteiger partial charge in [0.15, 0.2) is 11.0 Å². The van der Waals surface area contributed by atoms with Crippen LogP contribution in [0, 0.1) is 3.57 Å². The Kier molecular flexibility index (Phi) is 5.98. The summed E-state index contributed by atoms with van der Waals surface area (Å²) in [6.45, 7) is 0. The number of nitrogens with zero attached hydrogens (tertiary/aromatic N) is 3. The minimum atomic E-state index is -0.0886. The molecule has 0 aliphatic heterocycles. The molecule has 0 radical (unpaired) electrons. The van der Waals surface area contributed by atoms with Crippen molar-refractivity contribution in [1.82, 2.24) is 14.8 Å². The Labute approximate surface area is 168 Å². The molecule has 128 valence electrons. The van der Waals surface area contributed by atoms with Crippen LogP contribution in [0.4, 0.5) is 5.69 Å². The molecular weight excluding hydrogens is 471 g/mol. The average molecular weight is 485 g/mol. The minimum absolute atomic E-state index is 0.0886. The molecule has 8 heteroatoms. The van der Waals surface area contributed by atoms with Gasteiger partial charge in [-0.05, 0) is 52.9 Å². The lowest BCUT2D eigenvalue weighted by Crippen LogP contribution is -2.14. The van der Waals surface area contributed by atoms with Gasteiger partial charge in [0, 0.05) is 21.9 Å². The molecule has 1 N–H and O–H groups in total. The lowest BCUT2D eigenvalue weighted by molar-refractivity contribution is -0.113. The van der Waals surface area contributed by atoms with Crippen molar-refractivity contribution in [3.63, 3.8) is 0 Å². The summed E-state index contributed by atoms with van der Waals surface area (Å²) in [6.07, 6.45) is 0. The quantitative estimate of drug-likeness (QED) is 0.429. The largest absolute Gasteiger partial charge is 0.325 e. The Balaban J connectivity index is 1.66. The minimum Gasteiger partial charge on any atom is -0.325 e. The summed E-state index contributed by atoms with van der Waals surface area (Å²) in [4.78, 5) is 12.1. The second-order valence-electron chi connectivity index (χ2n) is 5.19. The van der Waals surface area contributed by atoms with Crippen LogP contribution in [0.5, 0.6) is 0 Å². The number of rotatable bonds is 5. The summed E-state index contributed by atoms with van der Waals surface area (Å²) in [6, 6.07) is 15.1.